The predicted octanol–water partition coefficient (Wildman–Crippen LogP) is 3.84. The number of hydrogen-bond donors (Lipinski definition) is 0. The van der Waals surface area contributed by atoms with Gasteiger partial charge < -0.3 is 0 Å². The van der Waals surface area contributed by atoms with E-state index in [0.29, 0.717) is 22.4 Å². The second-order valence-electron chi connectivity index (χ2n) is 5.88. The maximum Gasteiger partial charge on any atom is 0.133 e. The van der Waals surface area contributed by atoms with E-state index in [4.69, 9.17) is 11.6 Å². The molecule has 2 rings (SSSR count). The summed E-state index contributed by atoms with van der Waals surface area (Å²) >= 11 is 6.05. The molecule has 1 heterocycles. The standard InChI is InChI=1S/C13H19ClN2/c1-8(2)5-9-6-11(14)16-12(15-9)10-7-13(10,3)4/h6,8,10H,5,7H2,1-4H3. The predicted molar refractivity (Wildman–Crippen MR) is 66.7 cm³/mol. The van der Waals surface area contributed by atoms with Crippen molar-refractivity contribution >= 4 is 11.6 Å². The largest absolute Gasteiger partial charge is 0.238 e. The SMILES string of the molecule is CC(C)Cc1cc(Cl)nc(C2CC2(C)C)n1. The lowest BCUT2D eigenvalue weighted by Crippen LogP contribution is -2.04. The molecule has 2 nitrogen and oxygen atoms in total. The highest BCUT2D eigenvalue weighted by atomic mass is 35.5. The minimum Gasteiger partial charge on any atom is -0.238 e. The number of rotatable bonds is 3. The summed E-state index contributed by atoms with van der Waals surface area (Å²) in [5.41, 5.74) is 1.44. The molecule has 1 fully saturated rings. The molecule has 1 aromatic rings. The molecule has 0 aromatic carbocycles. The summed E-state index contributed by atoms with van der Waals surface area (Å²) in [6.07, 6.45) is 2.15. The lowest BCUT2D eigenvalue weighted by Gasteiger charge is -2.08. The van der Waals surface area contributed by atoms with Gasteiger partial charge in [-0.1, -0.05) is 39.3 Å². The van der Waals surface area contributed by atoms with Crippen LogP contribution in [-0.4, -0.2) is 9.97 Å². The Labute approximate surface area is 102 Å². The van der Waals surface area contributed by atoms with Crippen molar-refractivity contribution in [2.24, 2.45) is 11.3 Å². The molecule has 1 aliphatic rings. The molecule has 1 atom stereocenters. The van der Waals surface area contributed by atoms with E-state index in [-0.39, 0.29) is 0 Å². The molecular weight excluding hydrogens is 220 g/mol. The second kappa shape index (κ2) is 3.99. The van der Waals surface area contributed by atoms with E-state index >= 15 is 0 Å². The first kappa shape index (κ1) is 11.8. The fourth-order valence-electron chi connectivity index (χ4n) is 2.07. The van der Waals surface area contributed by atoms with Crippen molar-refractivity contribution in [2.75, 3.05) is 0 Å². The van der Waals surface area contributed by atoms with Crippen molar-refractivity contribution in [3.05, 3.63) is 22.7 Å². The Bertz CT molecular complexity index is 399. The van der Waals surface area contributed by atoms with E-state index in [1.807, 2.05) is 6.07 Å². The molecule has 0 bridgehead atoms. The van der Waals surface area contributed by atoms with Crippen LogP contribution in [0.3, 0.4) is 0 Å². The normalized spacial score (nSPS) is 22.5. The van der Waals surface area contributed by atoms with Gasteiger partial charge >= 0.3 is 0 Å². The molecule has 0 radical (unpaired) electrons. The van der Waals surface area contributed by atoms with Crippen LogP contribution >= 0.6 is 11.6 Å². The van der Waals surface area contributed by atoms with Crippen molar-refractivity contribution in [3.8, 4) is 0 Å². The molecule has 1 aromatic heterocycles. The number of aromatic nitrogens is 2. The van der Waals surface area contributed by atoms with Crippen molar-refractivity contribution in [1.29, 1.82) is 0 Å². The fourth-order valence-corrected chi connectivity index (χ4v) is 2.28. The molecule has 0 aliphatic heterocycles. The summed E-state index contributed by atoms with van der Waals surface area (Å²) in [5, 5.41) is 0.586. The third-order valence-corrected chi connectivity index (χ3v) is 3.40. The van der Waals surface area contributed by atoms with Gasteiger partial charge in [0.05, 0.1) is 0 Å². The molecule has 0 saturated heterocycles. The molecule has 1 unspecified atom stereocenters. The summed E-state index contributed by atoms with van der Waals surface area (Å²) in [7, 11) is 0. The van der Waals surface area contributed by atoms with Gasteiger partial charge in [-0.05, 0) is 30.2 Å². The van der Waals surface area contributed by atoms with Crippen LogP contribution in [0.2, 0.25) is 5.15 Å². The van der Waals surface area contributed by atoms with Crippen LogP contribution in [0.1, 0.15) is 51.6 Å². The van der Waals surface area contributed by atoms with E-state index in [9.17, 15) is 0 Å². The van der Waals surface area contributed by atoms with Crippen LogP contribution in [0.15, 0.2) is 6.07 Å². The lowest BCUT2D eigenvalue weighted by atomic mass is 10.1. The van der Waals surface area contributed by atoms with Gasteiger partial charge in [0.1, 0.15) is 11.0 Å². The highest BCUT2D eigenvalue weighted by molar-refractivity contribution is 6.29. The zero-order valence-corrected chi connectivity index (χ0v) is 11.2. The van der Waals surface area contributed by atoms with Crippen LogP contribution in [0, 0.1) is 11.3 Å². The number of hydrogen-bond acceptors (Lipinski definition) is 2. The molecule has 3 heteroatoms. The first-order valence-corrected chi connectivity index (χ1v) is 6.29. The van der Waals surface area contributed by atoms with Crippen LogP contribution in [0.5, 0.6) is 0 Å². The molecule has 1 saturated carbocycles. The molecule has 16 heavy (non-hydrogen) atoms. The maximum absolute atomic E-state index is 6.05. The molecule has 88 valence electrons. The van der Waals surface area contributed by atoms with E-state index in [1.165, 1.54) is 6.42 Å². The first-order valence-electron chi connectivity index (χ1n) is 5.92. The lowest BCUT2D eigenvalue weighted by molar-refractivity contribution is 0.598. The Morgan fingerprint density at radius 3 is 2.56 bits per heavy atom. The molecule has 1 aliphatic carbocycles. The summed E-state index contributed by atoms with van der Waals surface area (Å²) in [4.78, 5) is 8.99. The zero-order chi connectivity index (χ0) is 11.9. The minimum absolute atomic E-state index is 0.361. The van der Waals surface area contributed by atoms with Crippen molar-refractivity contribution in [3.63, 3.8) is 0 Å². The highest BCUT2D eigenvalue weighted by Crippen LogP contribution is 2.57. The van der Waals surface area contributed by atoms with E-state index in [1.54, 1.807) is 0 Å². The number of nitrogens with zero attached hydrogens (tertiary/aromatic N) is 2. The van der Waals surface area contributed by atoms with Gasteiger partial charge in [-0.3, -0.25) is 0 Å². The Hall–Kier alpha value is -0.630. The Kier molecular flexibility index (Phi) is 2.95. The van der Waals surface area contributed by atoms with E-state index in [2.05, 4.69) is 37.7 Å². The van der Waals surface area contributed by atoms with Crippen LogP contribution in [0.4, 0.5) is 0 Å². The average molecular weight is 239 g/mol. The van der Waals surface area contributed by atoms with Gasteiger partial charge in [-0.25, -0.2) is 9.97 Å². The third kappa shape index (κ3) is 2.54. The minimum atomic E-state index is 0.361. The zero-order valence-electron chi connectivity index (χ0n) is 10.4. The monoisotopic (exact) mass is 238 g/mol. The van der Waals surface area contributed by atoms with Crippen LogP contribution in [0.25, 0.3) is 0 Å². The van der Waals surface area contributed by atoms with Crippen molar-refractivity contribution in [2.45, 2.75) is 46.5 Å². The molecular formula is C13H19ClN2. The smallest absolute Gasteiger partial charge is 0.133 e. The van der Waals surface area contributed by atoms with Crippen LogP contribution in [-0.2, 0) is 6.42 Å². The van der Waals surface area contributed by atoms with Crippen LogP contribution < -0.4 is 0 Å². The highest BCUT2D eigenvalue weighted by Gasteiger charge is 2.48. The second-order valence-corrected chi connectivity index (χ2v) is 6.27. The Balaban J connectivity index is 2.23. The third-order valence-electron chi connectivity index (χ3n) is 3.21. The molecule has 0 amide bonds. The molecule has 0 spiro atoms. The number of halogens is 1. The summed E-state index contributed by atoms with van der Waals surface area (Å²) < 4.78 is 0. The van der Waals surface area contributed by atoms with Gasteiger partial charge in [0, 0.05) is 11.6 Å². The van der Waals surface area contributed by atoms with E-state index in [0.717, 1.165) is 17.9 Å². The van der Waals surface area contributed by atoms with Gasteiger partial charge in [-0.2, -0.15) is 0 Å². The summed E-state index contributed by atoms with van der Waals surface area (Å²) in [6, 6.07) is 1.89. The van der Waals surface area contributed by atoms with Crippen molar-refractivity contribution in [1.82, 2.24) is 9.97 Å². The Morgan fingerprint density at radius 2 is 2.06 bits per heavy atom. The van der Waals surface area contributed by atoms with Gasteiger partial charge in [0.25, 0.3) is 0 Å². The van der Waals surface area contributed by atoms with Gasteiger partial charge in [-0.15, -0.1) is 0 Å². The maximum atomic E-state index is 6.05. The quantitative estimate of drug-likeness (QED) is 0.748. The summed E-state index contributed by atoms with van der Waals surface area (Å²) in [6.45, 7) is 8.89. The van der Waals surface area contributed by atoms with Gasteiger partial charge in [0.2, 0.25) is 0 Å². The fraction of sp³-hybridized carbons (Fsp3) is 0.692. The van der Waals surface area contributed by atoms with Crippen molar-refractivity contribution < 1.29 is 0 Å². The molecule has 0 N–H and O–H groups in total. The first-order chi connectivity index (χ1) is 7.38. The van der Waals surface area contributed by atoms with Gasteiger partial charge in [0.15, 0.2) is 0 Å². The van der Waals surface area contributed by atoms with E-state index < -0.39 is 0 Å². The average Bonchev–Trinajstić information content (AvgIpc) is 2.72. The summed E-state index contributed by atoms with van der Waals surface area (Å²) in [5.74, 6) is 2.04. The Morgan fingerprint density at radius 1 is 1.44 bits per heavy atom. The topological polar surface area (TPSA) is 25.8 Å².